The third kappa shape index (κ3) is 4.96. The van der Waals surface area contributed by atoms with Gasteiger partial charge in [0.05, 0.1) is 16.8 Å². The van der Waals surface area contributed by atoms with Crippen LogP contribution >= 0.6 is 0 Å². The molecule has 162 valence electrons. The van der Waals surface area contributed by atoms with E-state index in [1.54, 1.807) is 13.1 Å². The summed E-state index contributed by atoms with van der Waals surface area (Å²) >= 11 is 0. The smallest absolute Gasteiger partial charge is 0.163 e. The summed E-state index contributed by atoms with van der Waals surface area (Å²) in [7, 11) is 4.30. The average molecular weight is 416 g/mol. The summed E-state index contributed by atoms with van der Waals surface area (Å²) in [6.45, 7) is 4.89. The number of benzene rings is 2. The van der Waals surface area contributed by atoms with Crippen molar-refractivity contribution in [2.75, 3.05) is 26.0 Å². The molecule has 0 aliphatic heterocycles. The van der Waals surface area contributed by atoms with E-state index in [4.69, 9.17) is 0 Å². The minimum Gasteiger partial charge on any atom is -0.381 e. The third-order valence-corrected chi connectivity index (χ3v) is 6.45. The maximum Gasteiger partial charge on any atom is 0.163 e. The zero-order valence-corrected chi connectivity index (χ0v) is 19.1. The molecule has 31 heavy (non-hydrogen) atoms. The average Bonchev–Trinajstić information content (AvgIpc) is 2.75. The molecule has 1 aliphatic carbocycles. The van der Waals surface area contributed by atoms with Crippen molar-refractivity contribution < 1.29 is 4.79 Å². The summed E-state index contributed by atoms with van der Waals surface area (Å²) in [5, 5.41) is 4.79. The molecule has 0 spiro atoms. The number of rotatable bonds is 6. The van der Waals surface area contributed by atoms with Gasteiger partial charge in [-0.05, 0) is 82.8 Å². The van der Waals surface area contributed by atoms with Gasteiger partial charge >= 0.3 is 0 Å². The highest BCUT2D eigenvalue weighted by atomic mass is 16.1. The summed E-state index contributed by atoms with van der Waals surface area (Å²) in [4.78, 5) is 19.3. The Hall–Kier alpha value is -2.72. The van der Waals surface area contributed by atoms with E-state index in [9.17, 15) is 4.79 Å². The second-order valence-electron chi connectivity index (χ2n) is 9.33. The van der Waals surface area contributed by atoms with E-state index < -0.39 is 0 Å². The number of nitrogens with zero attached hydrogens (tertiary/aromatic N) is 2. The highest BCUT2D eigenvalue weighted by Crippen LogP contribution is 2.34. The third-order valence-electron chi connectivity index (χ3n) is 6.45. The zero-order chi connectivity index (χ0) is 22.0. The molecule has 0 atom stereocenters. The van der Waals surface area contributed by atoms with Crippen LogP contribution in [0, 0.1) is 12.8 Å². The number of hydrogen-bond acceptors (Lipinski definition) is 4. The maximum absolute atomic E-state index is 12.4. The van der Waals surface area contributed by atoms with Gasteiger partial charge in [-0.15, -0.1) is 0 Å². The number of ketones is 1. The Morgan fingerprint density at radius 3 is 2.35 bits per heavy atom. The number of Topliss-reactive ketones (excluding diaryl/α,β-unsaturated/α-hetero) is 1. The van der Waals surface area contributed by atoms with E-state index in [0.29, 0.717) is 11.6 Å². The van der Waals surface area contributed by atoms with E-state index >= 15 is 0 Å². The molecule has 1 saturated carbocycles. The molecular weight excluding hydrogens is 382 g/mol. The number of carbonyl (C=O) groups excluding carboxylic acids is 1. The predicted octanol–water partition coefficient (Wildman–Crippen LogP) is 5.95. The van der Waals surface area contributed by atoms with Crippen LogP contribution in [0.4, 0.5) is 5.69 Å². The SMILES string of the molecule is CC(=O)c1cnc2ccc(-c3ccc(C)cc3)cc2c1N[C@H]1CC[C@H](CN(C)C)CC1. The molecule has 0 radical (unpaired) electrons. The molecule has 2 aromatic carbocycles. The van der Waals surface area contributed by atoms with Crippen LogP contribution in [0.5, 0.6) is 0 Å². The highest BCUT2D eigenvalue weighted by Gasteiger charge is 2.23. The van der Waals surface area contributed by atoms with Crippen LogP contribution in [0.3, 0.4) is 0 Å². The van der Waals surface area contributed by atoms with Gasteiger partial charge in [0.2, 0.25) is 0 Å². The second-order valence-corrected chi connectivity index (χ2v) is 9.33. The number of fused-ring (bicyclic) bond motifs is 1. The van der Waals surface area contributed by atoms with Gasteiger partial charge in [-0.2, -0.15) is 0 Å². The van der Waals surface area contributed by atoms with E-state index in [1.165, 1.54) is 24.0 Å². The van der Waals surface area contributed by atoms with Gasteiger partial charge in [0.25, 0.3) is 0 Å². The number of aromatic nitrogens is 1. The van der Waals surface area contributed by atoms with Crippen LogP contribution in [0.15, 0.2) is 48.7 Å². The monoisotopic (exact) mass is 415 g/mol. The van der Waals surface area contributed by atoms with Crippen molar-refractivity contribution in [1.29, 1.82) is 0 Å². The van der Waals surface area contributed by atoms with Crippen LogP contribution < -0.4 is 5.32 Å². The molecule has 1 heterocycles. The van der Waals surface area contributed by atoms with Crippen molar-refractivity contribution >= 4 is 22.4 Å². The Morgan fingerprint density at radius 1 is 1.03 bits per heavy atom. The fourth-order valence-corrected chi connectivity index (χ4v) is 4.75. The van der Waals surface area contributed by atoms with Crippen LogP contribution in [0.25, 0.3) is 22.0 Å². The van der Waals surface area contributed by atoms with Crippen molar-refractivity contribution in [2.24, 2.45) is 5.92 Å². The summed E-state index contributed by atoms with van der Waals surface area (Å²) in [6, 6.07) is 15.3. The molecule has 1 aromatic heterocycles. The van der Waals surface area contributed by atoms with Crippen LogP contribution in [-0.2, 0) is 0 Å². The normalized spacial score (nSPS) is 19.0. The first kappa shape index (κ1) is 21.5. The number of nitrogens with one attached hydrogen (secondary N) is 1. The summed E-state index contributed by atoms with van der Waals surface area (Å²) < 4.78 is 0. The first-order valence-corrected chi connectivity index (χ1v) is 11.3. The Kier molecular flexibility index (Phi) is 6.38. The van der Waals surface area contributed by atoms with E-state index in [-0.39, 0.29) is 5.78 Å². The van der Waals surface area contributed by atoms with Crippen molar-refractivity contribution in [3.63, 3.8) is 0 Å². The van der Waals surface area contributed by atoms with Crippen molar-refractivity contribution in [2.45, 2.75) is 45.6 Å². The van der Waals surface area contributed by atoms with Crippen molar-refractivity contribution in [1.82, 2.24) is 9.88 Å². The molecular formula is C27H33N3O. The van der Waals surface area contributed by atoms with Gasteiger partial charge < -0.3 is 10.2 Å². The molecule has 0 unspecified atom stereocenters. The Bertz CT molecular complexity index is 1060. The lowest BCUT2D eigenvalue weighted by Gasteiger charge is -2.32. The molecule has 0 saturated heterocycles. The molecule has 0 amide bonds. The summed E-state index contributed by atoms with van der Waals surface area (Å²) in [6.07, 6.45) is 6.45. The van der Waals surface area contributed by atoms with Crippen molar-refractivity contribution in [3.05, 3.63) is 59.8 Å². The minimum atomic E-state index is 0.0546. The van der Waals surface area contributed by atoms with Crippen molar-refractivity contribution in [3.8, 4) is 11.1 Å². The minimum absolute atomic E-state index is 0.0546. The highest BCUT2D eigenvalue weighted by molar-refractivity contribution is 6.07. The molecule has 1 aliphatic rings. The summed E-state index contributed by atoms with van der Waals surface area (Å²) in [5.41, 5.74) is 6.12. The summed E-state index contributed by atoms with van der Waals surface area (Å²) in [5.74, 6) is 0.821. The number of hydrogen-bond donors (Lipinski definition) is 1. The van der Waals surface area contributed by atoms with Gasteiger partial charge in [0, 0.05) is 24.2 Å². The molecule has 4 nitrogen and oxygen atoms in total. The van der Waals surface area contributed by atoms with Gasteiger partial charge in [-0.25, -0.2) is 0 Å². The standard InChI is InChI=1S/C27H33N3O/c1-18-5-9-21(10-6-18)22-11-14-26-24(15-22)27(25(16-28-26)19(2)31)29-23-12-7-20(8-13-23)17-30(3)4/h5-6,9-11,14-16,20,23H,7-8,12-13,17H2,1-4H3,(H,28,29)/t20-,23-. The molecule has 0 bridgehead atoms. The first-order chi connectivity index (χ1) is 14.9. The van der Waals surface area contributed by atoms with Crippen LogP contribution in [0.1, 0.15) is 48.5 Å². The van der Waals surface area contributed by atoms with E-state index in [2.05, 4.69) is 78.7 Å². The Balaban J connectivity index is 1.67. The second kappa shape index (κ2) is 9.19. The molecule has 3 aromatic rings. The number of carbonyl (C=O) groups is 1. The van der Waals surface area contributed by atoms with E-state index in [1.807, 2.05) is 0 Å². The molecule has 1 fully saturated rings. The van der Waals surface area contributed by atoms with Gasteiger partial charge in [-0.1, -0.05) is 35.9 Å². The number of pyridine rings is 1. The first-order valence-electron chi connectivity index (χ1n) is 11.3. The zero-order valence-electron chi connectivity index (χ0n) is 19.1. The lowest BCUT2D eigenvalue weighted by Crippen LogP contribution is -2.31. The van der Waals surface area contributed by atoms with Gasteiger partial charge in [-0.3, -0.25) is 9.78 Å². The lowest BCUT2D eigenvalue weighted by atomic mass is 9.85. The maximum atomic E-state index is 12.4. The molecule has 4 heteroatoms. The number of aryl methyl sites for hydroxylation is 1. The lowest BCUT2D eigenvalue weighted by molar-refractivity contribution is 0.101. The predicted molar refractivity (Wildman–Crippen MR) is 130 cm³/mol. The fourth-order valence-electron chi connectivity index (χ4n) is 4.75. The Morgan fingerprint density at radius 2 is 1.71 bits per heavy atom. The quantitative estimate of drug-likeness (QED) is 0.506. The topological polar surface area (TPSA) is 45.2 Å². The van der Waals surface area contributed by atoms with Gasteiger partial charge in [0.15, 0.2) is 5.78 Å². The van der Waals surface area contributed by atoms with Crippen LogP contribution in [-0.4, -0.2) is 42.3 Å². The van der Waals surface area contributed by atoms with E-state index in [0.717, 1.165) is 47.5 Å². The Labute approximate surface area is 185 Å². The number of anilines is 1. The fraction of sp³-hybridized carbons (Fsp3) is 0.407. The molecule has 4 rings (SSSR count). The van der Waals surface area contributed by atoms with Crippen LogP contribution in [0.2, 0.25) is 0 Å². The largest absolute Gasteiger partial charge is 0.381 e. The van der Waals surface area contributed by atoms with Gasteiger partial charge in [0.1, 0.15) is 0 Å². The molecule has 1 N–H and O–H groups in total.